The van der Waals surface area contributed by atoms with Crippen LogP contribution in [0.4, 0.5) is 0 Å². The number of benzene rings is 2. The highest BCUT2D eigenvalue weighted by Crippen LogP contribution is 2.41. The van der Waals surface area contributed by atoms with E-state index in [4.69, 9.17) is 5.26 Å². The number of rotatable bonds is 8. The predicted molar refractivity (Wildman–Crippen MR) is 141 cm³/mol. The van der Waals surface area contributed by atoms with Crippen LogP contribution in [0.2, 0.25) is 0 Å². The second kappa shape index (κ2) is 11.5. The molecule has 1 N–H and O–H groups in total. The van der Waals surface area contributed by atoms with Crippen LogP contribution >= 0.6 is 12.4 Å². The SMILES string of the molecule is Cl.N#Cc1ccc(CN2CC3(CCN(CC[C@H](NC(=O)C4CC4)c4ccccc4)CC3)CC2=O)cc1. The van der Waals surface area contributed by atoms with Crippen molar-refractivity contribution in [2.24, 2.45) is 11.3 Å². The Bertz CT molecular complexity index is 1090. The smallest absolute Gasteiger partial charge is 0.223 e. The van der Waals surface area contributed by atoms with Crippen molar-refractivity contribution in [1.82, 2.24) is 15.1 Å². The Balaban J connectivity index is 0.00000304. The van der Waals surface area contributed by atoms with Crippen molar-refractivity contribution in [1.29, 1.82) is 5.26 Å². The van der Waals surface area contributed by atoms with Crippen LogP contribution in [0.5, 0.6) is 0 Å². The summed E-state index contributed by atoms with van der Waals surface area (Å²) in [6.45, 7) is 4.38. The average molecular weight is 507 g/mol. The van der Waals surface area contributed by atoms with Crippen LogP contribution in [0.25, 0.3) is 0 Å². The Kier molecular flexibility index (Phi) is 8.33. The van der Waals surface area contributed by atoms with Gasteiger partial charge in [-0.1, -0.05) is 42.5 Å². The van der Waals surface area contributed by atoms with Gasteiger partial charge in [0.15, 0.2) is 0 Å². The lowest BCUT2D eigenvalue weighted by molar-refractivity contribution is -0.128. The van der Waals surface area contributed by atoms with Crippen molar-refractivity contribution >= 4 is 24.2 Å². The van der Waals surface area contributed by atoms with Gasteiger partial charge < -0.3 is 15.1 Å². The Morgan fingerprint density at radius 2 is 1.78 bits per heavy atom. The summed E-state index contributed by atoms with van der Waals surface area (Å²) in [4.78, 5) is 29.8. The first-order chi connectivity index (χ1) is 17.0. The van der Waals surface area contributed by atoms with E-state index in [0.29, 0.717) is 18.5 Å². The molecule has 1 aliphatic carbocycles. The molecule has 0 bridgehead atoms. The van der Waals surface area contributed by atoms with Gasteiger partial charge >= 0.3 is 0 Å². The van der Waals surface area contributed by atoms with Gasteiger partial charge in [-0.2, -0.15) is 5.26 Å². The lowest BCUT2D eigenvalue weighted by Crippen LogP contribution is -2.42. The van der Waals surface area contributed by atoms with E-state index in [1.165, 1.54) is 5.56 Å². The van der Waals surface area contributed by atoms with Crippen LogP contribution < -0.4 is 5.32 Å². The molecular weight excluding hydrogens is 472 g/mol. The second-order valence-corrected chi connectivity index (χ2v) is 10.6. The molecule has 36 heavy (non-hydrogen) atoms. The van der Waals surface area contributed by atoms with Gasteiger partial charge in [-0.25, -0.2) is 0 Å². The number of hydrogen-bond acceptors (Lipinski definition) is 4. The topological polar surface area (TPSA) is 76.4 Å². The molecule has 5 rings (SSSR count). The summed E-state index contributed by atoms with van der Waals surface area (Å²) in [7, 11) is 0. The summed E-state index contributed by atoms with van der Waals surface area (Å²) in [6.07, 6.45) is 5.64. The zero-order valence-corrected chi connectivity index (χ0v) is 21.5. The maximum absolute atomic E-state index is 12.8. The minimum atomic E-state index is 0. The summed E-state index contributed by atoms with van der Waals surface area (Å²) in [5.74, 6) is 0.654. The van der Waals surface area contributed by atoms with E-state index in [1.807, 2.05) is 47.4 Å². The van der Waals surface area contributed by atoms with Gasteiger partial charge in [-0.05, 0) is 73.9 Å². The summed E-state index contributed by atoms with van der Waals surface area (Å²) in [5.41, 5.74) is 2.98. The van der Waals surface area contributed by atoms with Gasteiger partial charge in [-0.15, -0.1) is 12.4 Å². The molecule has 0 aromatic heterocycles. The second-order valence-electron chi connectivity index (χ2n) is 10.6. The molecule has 2 aromatic carbocycles. The number of nitrogens with one attached hydrogen (secondary N) is 1. The van der Waals surface area contributed by atoms with Crippen LogP contribution in [-0.2, 0) is 16.1 Å². The number of hydrogen-bond donors (Lipinski definition) is 1. The lowest BCUT2D eigenvalue weighted by atomic mass is 9.77. The quantitative estimate of drug-likeness (QED) is 0.573. The zero-order chi connectivity index (χ0) is 24.3. The molecule has 190 valence electrons. The monoisotopic (exact) mass is 506 g/mol. The fourth-order valence-corrected chi connectivity index (χ4v) is 5.57. The van der Waals surface area contributed by atoms with E-state index < -0.39 is 0 Å². The van der Waals surface area contributed by atoms with Gasteiger partial charge in [0, 0.05) is 32.0 Å². The van der Waals surface area contributed by atoms with Gasteiger partial charge in [-0.3, -0.25) is 9.59 Å². The third kappa shape index (κ3) is 6.27. The van der Waals surface area contributed by atoms with E-state index in [1.54, 1.807) is 0 Å². The first-order valence-electron chi connectivity index (χ1n) is 12.9. The maximum atomic E-state index is 12.8. The van der Waals surface area contributed by atoms with Crippen LogP contribution in [0.1, 0.15) is 61.3 Å². The summed E-state index contributed by atoms with van der Waals surface area (Å²) < 4.78 is 0. The van der Waals surface area contributed by atoms with Crippen LogP contribution in [0, 0.1) is 22.7 Å². The Morgan fingerprint density at radius 3 is 2.42 bits per heavy atom. The summed E-state index contributed by atoms with van der Waals surface area (Å²) >= 11 is 0. The van der Waals surface area contributed by atoms with E-state index in [2.05, 4.69) is 28.4 Å². The van der Waals surface area contributed by atoms with Gasteiger partial charge in [0.1, 0.15) is 0 Å². The molecule has 2 heterocycles. The molecule has 1 atom stereocenters. The fraction of sp³-hybridized carbons (Fsp3) is 0.483. The number of piperidine rings is 1. The van der Waals surface area contributed by atoms with Crippen LogP contribution in [-0.4, -0.2) is 47.8 Å². The van der Waals surface area contributed by atoms with Crippen molar-refractivity contribution in [3.8, 4) is 6.07 Å². The number of likely N-dealkylation sites (tertiary alicyclic amines) is 2. The highest BCUT2D eigenvalue weighted by atomic mass is 35.5. The maximum Gasteiger partial charge on any atom is 0.223 e. The van der Waals surface area contributed by atoms with Gasteiger partial charge in [0.2, 0.25) is 11.8 Å². The molecule has 1 saturated carbocycles. The van der Waals surface area contributed by atoms with Crippen LogP contribution in [0.3, 0.4) is 0 Å². The van der Waals surface area contributed by atoms with E-state index in [-0.39, 0.29) is 41.6 Å². The normalized spacial score (nSPS) is 20.0. The number of carbonyl (C=O) groups is 2. The first kappa shape index (κ1) is 26.2. The predicted octanol–water partition coefficient (Wildman–Crippen LogP) is 4.45. The number of amides is 2. The van der Waals surface area contributed by atoms with E-state index in [9.17, 15) is 9.59 Å². The highest BCUT2D eigenvalue weighted by molar-refractivity contribution is 5.85. The van der Waals surface area contributed by atoms with Crippen molar-refractivity contribution in [3.63, 3.8) is 0 Å². The first-order valence-corrected chi connectivity index (χ1v) is 12.9. The molecule has 2 aliphatic heterocycles. The third-order valence-corrected chi connectivity index (χ3v) is 7.98. The molecule has 1 spiro atoms. The molecule has 2 saturated heterocycles. The van der Waals surface area contributed by atoms with Gasteiger partial charge in [0.25, 0.3) is 0 Å². The van der Waals surface area contributed by atoms with Gasteiger partial charge in [0.05, 0.1) is 17.7 Å². The molecule has 7 heteroatoms. The minimum absolute atomic E-state index is 0. The van der Waals surface area contributed by atoms with Crippen LogP contribution in [0.15, 0.2) is 54.6 Å². The average Bonchev–Trinajstić information content (AvgIpc) is 3.69. The molecular formula is C29H35ClN4O2. The molecule has 2 amide bonds. The molecule has 3 fully saturated rings. The largest absolute Gasteiger partial charge is 0.349 e. The number of nitrogens with zero attached hydrogens (tertiary/aromatic N) is 3. The minimum Gasteiger partial charge on any atom is -0.349 e. The van der Waals surface area contributed by atoms with Crippen molar-refractivity contribution < 1.29 is 9.59 Å². The Morgan fingerprint density at radius 1 is 1.08 bits per heavy atom. The zero-order valence-electron chi connectivity index (χ0n) is 20.7. The summed E-state index contributed by atoms with van der Waals surface area (Å²) in [6, 6.07) is 20.0. The molecule has 2 aromatic rings. The van der Waals surface area contributed by atoms with E-state index >= 15 is 0 Å². The fourth-order valence-electron chi connectivity index (χ4n) is 5.57. The molecule has 3 aliphatic rings. The standard InChI is InChI=1S/C29H34N4O2.ClH/c30-19-22-6-8-23(9-7-22)20-33-21-29(18-27(33)34)13-16-32(17-14-29)15-12-26(24-4-2-1-3-5-24)31-28(35)25-10-11-25;/h1-9,25-26H,10-18,20-21H2,(H,31,35);1H/t26-;/m0./s1. The molecule has 0 radical (unpaired) electrons. The molecule has 0 unspecified atom stereocenters. The van der Waals surface area contributed by atoms with Crippen molar-refractivity contribution in [2.75, 3.05) is 26.2 Å². The molecule has 6 nitrogen and oxygen atoms in total. The third-order valence-electron chi connectivity index (χ3n) is 7.98. The Hall–Kier alpha value is -2.88. The highest BCUT2D eigenvalue weighted by Gasteiger charge is 2.44. The number of nitriles is 1. The Labute approximate surface area is 220 Å². The van der Waals surface area contributed by atoms with E-state index in [0.717, 1.165) is 63.8 Å². The van der Waals surface area contributed by atoms with Crippen molar-refractivity contribution in [3.05, 3.63) is 71.3 Å². The van der Waals surface area contributed by atoms with Crippen molar-refractivity contribution in [2.45, 2.75) is 51.1 Å². The number of halogens is 1. The lowest BCUT2D eigenvalue weighted by Gasteiger charge is -2.39. The summed E-state index contributed by atoms with van der Waals surface area (Å²) in [5, 5.41) is 12.3. The number of carbonyl (C=O) groups excluding carboxylic acids is 2.